The van der Waals surface area contributed by atoms with E-state index in [9.17, 15) is 4.79 Å². The summed E-state index contributed by atoms with van der Waals surface area (Å²) < 4.78 is 2.07. The molecule has 32 heavy (non-hydrogen) atoms. The molecule has 0 aliphatic carbocycles. The topological polar surface area (TPSA) is 51.0 Å². The molecule has 1 unspecified atom stereocenters. The minimum atomic E-state index is 0.211. The van der Waals surface area contributed by atoms with Crippen LogP contribution in [0.3, 0.4) is 0 Å². The van der Waals surface area contributed by atoms with Gasteiger partial charge in [0.15, 0.2) is 0 Å². The number of likely N-dealkylation sites (tertiary alicyclic amines) is 1. The Morgan fingerprint density at radius 3 is 2.72 bits per heavy atom. The number of hydrogen-bond acceptors (Lipinski definition) is 3. The van der Waals surface area contributed by atoms with Gasteiger partial charge in [-0.25, -0.2) is 4.98 Å². The molecule has 1 atom stereocenters. The third-order valence-corrected chi connectivity index (χ3v) is 6.34. The zero-order valence-electron chi connectivity index (χ0n) is 18.4. The number of imidazole rings is 1. The Bertz CT molecular complexity index is 1230. The second-order valence-corrected chi connectivity index (χ2v) is 8.71. The lowest BCUT2D eigenvalue weighted by molar-refractivity contribution is -0.130. The second kappa shape index (κ2) is 8.95. The summed E-state index contributed by atoms with van der Waals surface area (Å²) in [7, 11) is 0. The van der Waals surface area contributed by atoms with Gasteiger partial charge in [-0.15, -0.1) is 0 Å². The zero-order chi connectivity index (χ0) is 21.9. The van der Waals surface area contributed by atoms with E-state index < -0.39 is 0 Å². The maximum Gasteiger partial charge on any atom is 0.224 e. The first kappa shape index (κ1) is 20.4. The van der Waals surface area contributed by atoms with E-state index in [1.807, 2.05) is 35.5 Å². The van der Waals surface area contributed by atoms with Crippen LogP contribution in [0.1, 0.15) is 41.3 Å². The fourth-order valence-electron chi connectivity index (χ4n) is 4.70. The summed E-state index contributed by atoms with van der Waals surface area (Å²) in [6.45, 7) is 4.28. The van der Waals surface area contributed by atoms with Crippen LogP contribution in [0, 0.1) is 6.92 Å². The molecule has 0 saturated carbocycles. The highest BCUT2D eigenvalue weighted by Gasteiger charge is 2.28. The number of aromatic nitrogens is 3. The number of aryl methyl sites for hydroxylation is 2. The van der Waals surface area contributed by atoms with E-state index in [0.717, 1.165) is 48.4 Å². The summed E-state index contributed by atoms with van der Waals surface area (Å²) in [6, 6.07) is 23.0. The van der Waals surface area contributed by atoms with E-state index in [2.05, 4.69) is 58.9 Å². The Morgan fingerprint density at radius 1 is 1.03 bits per heavy atom. The highest BCUT2D eigenvalue weighted by Crippen LogP contribution is 2.28. The quantitative estimate of drug-likeness (QED) is 0.449. The Labute approximate surface area is 188 Å². The monoisotopic (exact) mass is 424 g/mol. The SMILES string of the molecule is Cc1cc(Cc2ccccc2)cc(C2CCN(C(=O)CCn3cnc4ccccc43)C2)n1. The summed E-state index contributed by atoms with van der Waals surface area (Å²) >= 11 is 0. The first-order chi connectivity index (χ1) is 15.7. The predicted molar refractivity (Wildman–Crippen MR) is 127 cm³/mol. The normalized spacial score (nSPS) is 16.0. The molecule has 1 aliphatic rings. The summed E-state index contributed by atoms with van der Waals surface area (Å²) in [4.78, 5) is 24.1. The number of amides is 1. The van der Waals surface area contributed by atoms with Gasteiger partial charge in [0.25, 0.3) is 0 Å². The lowest BCUT2D eigenvalue weighted by Gasteiger charge is -2.17. The largest absolute Gasteiger partial charge is 0.342 e. The van der Waals surface area contributed by atoms with Crippen LogP contribution in [-0.2, 0) is 17.8 Å². The molecule has 5 nitrogen and oxygen atoms in total. The van der Waals surface area contributed by atoms with Crippen molar-refractivity contribution >= 4 is 16.9 Å². The Kier molecular flexibility index (Phi) is 5.71. The van der Waals surface area contributed by atoms with Crippen molar-refractivity contribution < 1.29 is 4.79 Å². The molecule has 1 saturated heterocycles. The van der Waals surface area contributed by atoms with Crippen LogP contribution in [0.15, 0.2) is 73.1 Å². The smallest absolute Gasteiger partial charge is 0.224 e. The summed E-state index contributed by atoms with van der Waals surface area (Å²) in [5.41, 5.74) is 6.80. The maximum atomic E-state index is 12.9. The number of rotatable bonds is 6. The third-order valence-electron chi connectivity index (χ3n) is 6.34. The van der Waals surface area contributed by atoms with Gasteiger partial charge in [0.05, 0.1) is 17.4 Å². The van der Waals surface area contributed by atoms with Crippen molar-refractivity contribution in [1.29, 1.82) is 0 Å². The summed E-state index contributed by atoms with van der Waals surface area (Å²) in [6.07, 6.45) is 4.20. The van der Waals surface area contributed by atoms with E-state index >= 15 is 0 Å². The van der Waals surface area contributed by atoms with E-state index in [-0.39, 0.29) is 5.91 Å². The Hall–Kier alpha value is -3.47. The number of benzene rings is 2. The first-order valence-corrected chi connectivity index (χ1v) is 11.3. The number of hydrogen-bond donors (Lipinski definition) is 0. The minimum absolute atomic E-state index is 0.211. The molecule has 162 valence electrons. The average molecular weight is 425 g/mol. The van der Waals surface area contributed by atoms with Crippen molar-refractivity contribution in [3.05, 3.63) is 95.6 Å². The molecule has 1 aliphatic heterocycles. The predicted octanol–water partition coefficient (Wildman–Crippen LogP) is 4.74. The molecule has 4 aromatic rings. The number of fused-ring (bicyclic) bond motifs is 1. The van der Waals surface area contributed by atoms with Gasteiger partial charge < -0.3 is 9.47 Å². The molecule has 1 amide bonds. The summed E-state index contributed by atoms with van der Waals surface area (Å²) in [5.74, 6) is 0.518. The number of pyridine rings is 1. The molecule has 1 fully saturated rings. The van der Waals surface area contributed by atoms with Gasteiger partial charge in [-0.1, -0.05) is 42.5 Å². The lowest BCUT2D eigenvalue weighted by atomic mass is 9.98. The standard InChI is InChI=1S/C27H28N4O/c1-20-15-22(16-21-7-3-2-4-8-21)17-25(29-20)23-11-13-30(18-23)27(32)12-14-31-19-28-24-9-5-6-10-26(24)31/h2-10,15,17,19,23H,11-14,16,18H2,1H3. The van der Waals surface area contributed by atoms with E-state index in [1.54, 1.807) is 0 Å². The molecule has 0 spiro atoms. The number of para-hydroxylation sites is 2. The highest BCUT2D eigenvalue weighted by molar-refractivity contribution is 5.78. The van der Waals surface area contributed by atoms with Crippen LogP contribution in [-0.4, -0.2) is 38.4 Å². The number of nitrogens with zero attached hydrogens (tertiary/aromatic N) is 4. The van der Waals surface area contributed by atoms with Crippen molar-refractivity contribution in [3.8, 4) is 0 Å². The molecular formula is C27H28N4O. The molecule has 0 radical (unpaired) electrons. The van der Waals surface area contributed by atoms with Crippen LogP contribution in [0.4, 0.5) is 0 Å². The molecular weight excluding hydrogens is 396 g/mol. The molecule has 0 bridgehead atoms. The fraction of sp³-hybridized carbons (Fsp3) is 0.296. The number of carbonyl (C=O) groups excluding carboxylic acids is 1. The molecule has 5 heteroatoms. The molecule has 2 aromatic heterocycles. The highest BCUT2D eigenvalue weighted by atomic mass is 16.2. The van der Waals surface area contributed by atoms with E-state index in [1.165, 1.54) is 11.1 Å². The van der Waals surface area contributed by atoms with Crippen LogP contribution < -0.4 is 0 Å². The zero-order valence-corrected chi connectivity index (χ0v) is 18.4. The van der Waals surface area contributed by atoms with Gasteiger partial charge in [0, 0.05) is 43.4 Å². The molecule has 5 rings (SSSR count). The van der Waals surface area contributed by atoms with E-state index in [4.69, 9.17) is 4.98 Å². The minimum Gasteiger partial charge on any atom is -0.342 e. The van der Waals surface area contributed by atoms with Gasteiger partial charge in [0.2, 0.25) is 5.91 Å². The molecule has 3 heterocycles. The van der Waals surface area contributed by atoms with Crippen LogP contribution in [0.25, 0.3) is 11.0 Å². The van der Waals surface area contributed by atoms with Crippen LogP contribution in [0.2, 0.25) is 0 Å². The third kappa shape index (κ3) is 4.42. The lowest BCUT2D eigenvalue weighted by Crippen LogP contribution is -2.29. The first-order valence-electron chi connectivity index (χ1n) is 11.3. The molecule has 0 N–H and O–H groups in total. The van der Waals surface area contributed by atoms with Crippen molar-refractivity contribution in [2.24, 2.45) is 0 Å². The Balaban J connectivity index is 1.22. The fourth-order valence-corrected chi connectivity index (χ4v) is 4.70. The van der Waals surface area contributed by atoms with Gasteiger partial charge in [0.1, 0.15) is 0 Å². The van der Waals surface area contributed by atoms with Gasteiger partial charge in [-0.2, -0.15) is 0 Å². The number of carbonyl (C=O) groups is 1. The van der Waals surface area contributed by atoms with Gasteiger partial charge in [-0.3, -0.25) is 9.78 Å². The van der Waals surface area contributed by atoms with E-state index in [0.29, 0.717) is 18.9 Å². The van der Waals surface area contributed by atoms with Gasteiger partial charge >= 0.3 is 0 Å². The maximum absolute atomic E-state index is 12.9. The van der Waals surface area contributed by atoms with Crippen molar-refractivity contribution in [3.63, 3.8) is 0 Å². The molecule has 2 aromatic carbocycles. The van der Waals surface area contributed by atoms with Gasteiger partial charge in [-0.05, 0) is 55.2 Å². The second-order valence-electron chi connectivity index (χ2n) is 8.71. The van der Waals surface area contributed by atoms with Crippen LogP contribution in [0.5, 0.6) is 0 Å². The van der Waals surface area contributed by atoms with Crippen molar-refractivity contribution in [1.82, 2.24) is 19.4 Å². The van der Waals surface area contributed by atoms with Crippen LogP contribution >= 0.6 is 0 Å². The average Bonchev–Trinajstić information content (AvgIpc) is 3.46. The Morgan fingerprint density at radius 2 is 1.84 bits per heavy atom. The van der Waals surface area contributed by atoms with Crippen molar-refractivity contribution in [2.75, 3.05) is 13.1 Å². The van der Waals surface area contributed by atoms with Crippen molar-refractivity contribution in [2.45, 2.75) is 38.6 Å². The summed E-state index contributed by atoms with van der Waals surface area (Å²) in [5, 5.41) is 0.